The lowest BCUT2D eigenvalue weighted by atomic mass is 9.65. The molecule has 1 aliphatic rings. The summed E-state index contributed by atoms with van der Waals surface area (Å²) in [6.45, 7) is 16.3. The van der Waals surface area contributed by atoms with Crippen LogP contribution in [0.5, 0.6) is 0 Å². The van der Waals surface area contributed by atoms with Crippen LogP contribution >= 0.6 is 0 Å². The fourth-order valence-corrected chi connectivity index (χ4v) is 4.00. The summed E-state index contributed by atoms with van der Waals surface area (Å²) >= 11 is 0. The van der Waals surface area contributed by atoms with Gasteiger partial charge in [0, 0.05) is 12.1 Å². The molecule has 0 spiro atoms. The zero-order chi connectivity index (χ0) is 15.3. The summed E-state index contributed by atoms with van der Waals surface area (Å²) < 4.78 is 0. The van der Waals surface area contributed by atoms with Crippen LogP contribution in [-0.4, -0.2) is 30.1 Å². The molecule has 1 rings (SSSR count). The van der Waals surface area contributed by atoms with Crippen molar-refractivity contribution in [3.63, 3.8) is 0 Å². The fraction of sp³-hybridized carbons (Fsp3) is 1.00. The summed E-state index contributed by atoms with van der Waals surface area (Å²) in [7, 11) is 0. The topological polar surface area (TPSA) is 29.3 Å². The van der Waals surface area contributed by atoms with Gasteiger partial charge in [-0.05, 0) is 62.9 Å². The Morgan fingerprint density at radius 1 is 1.20 bits per heavy atom. The quantitative estimate of drug-likeness (QED) is 0.755. The average Bonchev–Trinajstić information content (AvgIpc) is 2.47. The molecule has 2 heteroatoms. The van der Waals surface area contributed by atoms with Gasteiger partial charge < -0.3 is 5.73 Å². The summed E-state index contributed by atoms with van der Waals surface area (Å²) in [5, 5.41) is 0. The monoisotopic (exact) mass is 282 g/mol. The largest absolute Gasteiger partial charge is 0.330 e. The first-order valence-electron chi connectivity index (χ1n) is 8.86. The first-order valence-corrected chi connectivity index (χ1v) is 8.86. The van der Waals surface area contributed by atoms with E-state index in [-0.39, 0.29) is 0 Å². The zero-order valence-corrected chi connectivity index (χ0v) is 14.8. The van der Waals surface area contributed by atoms with Crippen molar-refractivity contribution in [2.45, 2.75) is 85.7 Å². The van der Waals surface area contributed by atoms with E-state index in [9.17, 15) is 0 Å². The minimum absolute atomic E-state index is 0.479. The number of hydrogen-bond donors (Lipinski definition) is 1. The molecule has 0 heterocycles. The van der Waals surface area contributed by atoms with Gasteiger partial charge in [0.1, 0.15) is 0 Å². The summed E-state index contributed by atoms with van der Waals surface area (Å²) in [6, 6.07) is 1.38. The van der Waals surface area contributed by atoms with Crippen LogP contribution in [0.3, 0.4) is 0 Å². The van der Waals surface area contributed by atoms with Crippen LogP contribution in [0.4, 0.5) is 0 Å². The van der Waals surface area contributed by atoms with Gasteiger partial charge in [-0.1, -0.05) is 41.0 Å². The molecule has 0 bridgehead atoms. The van der Waals surface area contributed by atoms with E-state index in [0.717, 1.165) is 19.0 Å². The van der Waals surface area contributed by atoms with Gasteiger partial charge >= 0.3 is 0 Å². The SMILES string of the molecule is CCC(C)N(CC)C1CC(C(C)(C)CC)CCC1CN. The second-order valence-corrected chi connectivity index (χ2v) is 7.50. The minimum Gasteiger partial charge on any atom is -0.330 e. The van der Waals surface area contributed by atoms with Gasteiger partial charge in [-0.15, -0.1) is 0 Å². The van der Waals surface area contributed by atoms with Crippen molar-refractivity contribution in [2.75, 3.05) is 13.1 Å². The number of nitrogens with zero attached hydrogens (tertiary/aromatic N) is 1. The molecule has 2 N–H and O–H groups in total. The van der Waals surface area contributed by atoms with Gasteiger partial charge in [0.15, 0.2) is 0 Å². The van der Waals surface area contributed by atoms with Gasteiger partial charge in [0.05, 0.1) is 0 Å². The molecule has 0 saturated heterocycles. The highest BCUT2D eigenvalue weighted by Gasteiger charge is 2.39. The van der Waals surface area contributed by atoms with Crippen LogP contribution in [0.1, 0.15) is 73.6 Å². The molecule has 1 fully saturated rings. The van der Waals surface area contributed by atoms with E-state index in [0.29, 0.717) is 23.4 Å². The molecular formula is C18H38N2. The van der Waals surface area contributed by atoms with Crippen LogP contribution < -0.4 is 5.73 Å². The molecule has 120 valence electrons. The summed E-state index contributed by atoms with van der Waals surface area (Å²) in [6.07, 6.45) is 6.57. The van der Waals surface area contributed by atoms with Gasteiger partial charge in [-0.2, -0.15) is 0 Å². The molecular weight excluding hydrogens is 244 g/mol. The lowest BCUT2D eigenvalue weighted by Crippen LogP contribution is -2.51. The Bertz CT molecular complexity index is 275. The first-order chi connectivity index (χ1) is 9.41. The van der Waals surface area contributed by atoms with Gasteiger partial charge in [0.2, 0.25) is 0 Å². The van der Waals surface area contributed by atoms with E-state index in [2.05, 4.69) is 46.4 Å². The molecule has 2 nitrogen and oxygen atoms in total. The van der Waals surface area contributed by atoms with E-state index >= 15 is 0 Å². The van der Waals surface area contributed by atoms with Crippen LogP contribution in [0.25, 0.3) is 0 Å². The third kappa shape index (κ3) is 3.98. The van der Waals surface area contributed by atoms with E-state index in [1.807, 2.05) is 0 Å². The zero-order valence-electron chi connectivity index (χ0n) is 14.8. The van der Waals surface area contributed by atoms with Gasteiger partial charge in [0.25, 0.3) is 0 Å². The summed E-state index contributed by atoms with van der Waals surface area (Å²) in [5.41, 5.74) is 6.57. The number of hydrogen-bond acceptors (Lipinski definition) is 2. The minimum atomic E-state index is 0.479. The lowest BCUT2D eigenvalue weighted by molar-refractivity contribution is 0.0205. The second kappa shape index (κ2) is 7.79. The molecule has 0 aromatic rings. The Labute approximate surface area is 127 Å². The Morgan fingerprint density at radius 3 is 2.30 bits per heavy atom. The molecule has 0 aromatic carbocycles. The van der Waals surface area contributed by atoms with E-state index < -0.39 is 0 Å². The van der Waals surface area contributed by atoms with Crippen LogP contribution in [0.2, 0.25) is 0 Å². The summed E-state index contributed by atoms with van der Waals surface area (Å²) in [4.78, 5) is 2.73. The van der Waals surface area contributed by atoms with E-state index in [1.165, 1.54) is 32.1 Å². The van der Waals surface area contributed by atoms with Crippen LogP contribution in [0.15, 0.2) is 0 Å². The first kappa shape index (κ1) is 18.0. The second-order valence-electron chi connectivity index (χ2n) is 7.50. The molecule has 0 aromatic heterocycles. The van der Waals surface area contributed by atoms with Crippen molar-refractivity contribution in [2.24, 2.45) is 23.0 Å². The van der Waals surface area contributed by atoms with Crippen molar-refractivity contribution in [3.8, 4) is 0 Å². The normalized spacial score (nSPS) is 29.7. The average molecular weight is 283 g/mol. The Balaban J connectivity index is 2.87. The Hall–Kier alpha value is -0.0800. The predicted molar refractivity (Wildman–Crippen MR) is 89.9 cm³/mol. The van der Waals surface area contributed by atoms with E-state index in [4.69, 9.17) is 5.73 Å². The predicted octanol–water partition coefficient (Wildman–Crippen LogP) is 4.29. The van der Waals surface area contributed by atoms with Crippen molar-refractivity contribution in [1.29, 1.82) is 0 Å². The van der Waals surface area contributed by atoms with Crippen molar-refractivity contribution in [3.05, 3.63) is 0 Å². The smallest absolute Gasteiger partial charge is 0.0141 e. The van der Waals surface area contributed by atoms with Gasteiger partial charge in [-0.25, -0.2) is 0 Å². The molecule has 20 heavy (non-hydrogen) atoms. The summed E-state index contributed by atoms with van der Waals surface area (Å²) in [5.74, 6) is 1.56. The highest BCUT2D eigenvalue weighted by atomic mass is 15.2. The highest BCUT2D eigenvalue weighted by molar-refractivity contribution is 4.92. The number of nitrogens with two attached hydrogens (primary N) is 1. The third-order valence-electron chi connectivity index (χ3n) is 6.22. The van der Waals surface area contributed by atoms with E-state index in [1.54, 1.807) is 0 Å². The Morgan fingerprint density at radius 2 is 1.85 bits per heavy atom. The molecule has 0 radical (unpaired) electrons. The van der Waals surface area contributed by atoms with Crippen LogP contribution in [0, 0.1) is 17.3 Å². The molecule has 4 atom stereocenters. The standard InChI is InChI=1S/C18H38N2/c1-7-14(4)20(9-3)17-12-16(18(5,6)8-2)11-10-15(17)13-19/h14-17H,7-13,19H2,1-6H3. The maximum absolute atomic E-state index is 6.09. The van der Waals surface area contributed by atoms with Gasteiger partial charge in [-0.3, -0.25) is 4.90 Å². The molecule has 0 aliphatic heterocycles. The molecule has 1 saturated carbocycles. The molecule has 0 amide bonds. The van der Waals surface area contributed by atoms with Crippen LogP contribution in [-0.2, 0) is 0 Å². The Kier molecular flexibility index (Phi) is 7.00. The molecule has 1 aliphatic carbocycles. The van der Waals surface area contributed by atoms with Crippen molar-refractivity contribution >= 4 is 0 Å². The fourth-order valence-electron chi connectivity index (χ4n) is 4.00. The maximum atomic E-state index is 6.09. The maximum Gasteiger partial charge on any atom is 0.0141 e. The lowest BCUT2D eigenvalue weighted by Gasteiger charge is -2.48. The third-order valence-corrected chi connectivity index (χ3v) is 6.22. The molecule has 4 unspecified atom stereocenters. The highest BCUT2D eigenvalue weighted by Crippen LogP contribution is 2.43. The number of rotatable bonds is 7. The van der Waals surface area contributed by atoms with Crippen molar-refractivity contribution < 1.29 is 0 Å². The van der Waals surface area contributed by atoms with Crippen molar-refractivity contribution in [1.82, 2.24) is 4.90 Å².